The van der Waals surface area contributed by atoms with E-state index in [4.69, 9.17) is 30.3 Å². The number of amides is 1. The monoisotopic (exact) mass is 494 g/mol. The highest BCUT2D eigenvalue weighted by Gasteiger charge is 2.15. The van der Waals surface area contributed by atoms with Crippen LogP contribution in [0.3, 0.4) is 0 Å². The number of nitrogens with two attached hydrogens (primary N) is 1. The van der Waals surface area contributed by atoms with Crippen LogP contribution in [0.15, 0.2) is 65.6 Å². The Hall–Kier alpha value is -3.91. The van der Waals surface area contributed by atoms with Crippen LogP contribution in [0.1, 0.15) is 27.7 Å². The fourth-order valence-electron chi connectivity index (χ4n) is 3.15. The number of aliphatic hydroxyl groups is 1. The Morgan fingerprint density at radius 1 is 1.09 bits per heavy atom. The zero-order valence-electron chi connectivity index (χ0n) is 19.3. The van der Waals surface area contributed by atoms with Gasteiger partial charge in [0.15, 0.2) is 17.7 Å². The van der Waals surface area contributed by atoms with Crippen LogP contribution in [0, 0.1) is 11.3 Å². The SMILES string of the molecule is COc1cc(N)c(SCNC(Oc2ccc(C(=O)NCO)cc2)c2ccc(C#N)cc2)cc1OC. The molecule has 0 fully saturated rings. The molecule has 0 bridgehead atoms. The number of aliphatic hydroxyl groups excluding tert-OH is 1. The van der Waals surface area contributed by atoms with Crippen molar-refractivity contribution in [3.63, 3.8) is 0 Å². The van der Waals surface area contributed by atoms with Crippen LogP contribution in [0.25, 0.3) is 0 Å². The van der Waals surface area contributed by atoms with Gasteiger partial charge in [0.05, 0.1) is 31.7 Å². The molecule has 182 valence electrons. The molecule has 0 spiro atoms. The number of anilines is 1. The first kappa shape index (κ1) is 25.7. The summed E-state index contributed by atoms with van der Waals surface area (Å²) in [5.74, 6) is 1.72. The Balaban J connectivity index is 1.75. The van der Waals surface area contributed by atoms with Crippen molar-refractivity contribution in [2.75, 3.05) is 32.6 Å². The lowest BCUT2D eigenvalue weighted by atomic mass is 10.1. The maximum absolute atomic E-state index is 11.9. The first-order chi connectivity index (χ1) is 17.0. The molecular formula is C25H26N4O5S. The molecule has 35 heavy (non-hydrogen) atoms. The zero-order chi connectivity index (χ0) is 25.2. The Bertz CT molecular complexity index is 1180. The summed E-state index contributed by atoms with van der Waals surface area (Å²) in [5.41, 5.74) is 8.48. The Morgan fingerprint density at radius 3 is 2.34 bits per heavy atom. The molecule has 10 heteroatoms. The fraction of sp³-hybridized carbons (Fsp3) is 0.200. The number of benzene rings is 3. The summed E-state index contributed by atoms with van der Waals surface area (Å²) in [7, 11) is 3.12. The van der Waals surface area contributed by atoms with Crippen LogP contribution < -0.4 is 30.6 Å². The summed E-state index contributed by atoms with van der Waals surface area (Å²) in [6.07, 6.45) is -0.547. The van der Waals surface area contributed by atoms with Gasteiger partial charge in [-0.2, -0.15) is 5.26 Å². The molecule has 0 aliphatic heterocycles. The number of nitriles is 1. The number of carbonyl (C=O) groups is 1. The lowest BCUT2D eigenvalue weighted by Crippen LogP contribution is -2.26. The third-order valence-electron chi connectivity index (χ3n) is 4.96. The summed E-state index contributed by atoms with van der Waals surface area (Å²) >= 11 is 1.47. The lowest BCUT2D eigenvalue weighted by molar-refractivity contribution is 0.0910. The molecule has 0 saturated heterocycles. The average Bonchev–Trinajstić information content (AvgIpc) is 2.89. The van der Waals surface area contributed by atoms with Gasteiger partial charge in [0.25, 0.3) is 5.91 Å². The lowest BCUT2D eigenvalue weighted by Gasteiger charge is -2.21. The van der Waals surface area contributed by atoms with Crippen LogP contribution in [-0.2, 0) is 0 Å². The van der Waals surface area contributed by atoms with Gasteiger partial charge in [-0.05, 0) is 42.5 Å². The topological polar surface area (TPSA) is 139 Å². The molecular weight excluding hydrogens is 468 g/mol. The number of nitrogens with one attached hydrogen (secondary N) is 2. The maximum atomic E-state index is 11.9. The van der Waals surface area contributed by atoms with E-state index in [9.17, 15) is 4.79 Å². The highest BCUT2D eigenvalue weighted by atomic mass is 32.2. The van der Waals surface area contributed by atoms with Gasteiger partial charge in [0.1, 0.15) is 12.5 Å². The van der Waals surface area contributed by atoms with Gasteiger partial charge in [-0.3, -0.25) is 10.1 Å². The second-order valence-corrected chi connectivity index (χ2v) is 8.18. The molecule has 0 aliphatic carbocycles. The molecule has 1 amide bonds. The van der Waals surface area contributed by atoms with Gasteiger partial charge in [0, 0.05) is 27.8 Å². The fourth-order valence-corrected chi connectivity index (χ4v) is 3.96. The number of rotatable bonds is 11. The molecule has 3 aromatic rings. The molecule has 0 saturated carbocycles. The van der Waals surface area contributed by atoms with E-state index in [2.05, 4.69) is 16.7 Å². The molecule has 1 atom stereocenters. The van der Waals surface area contributed by atoms with Crippen molar-refractivity contribution >= 4 is 23.4 Å². The van der Waals surface area contributed by atoms with E-state index in [-0.39, 0.29) is 5.91 Å². The third-order valence-corrected chi connectivity index (χ3v) is 5.94. The van der Waals surface area contributed by atoms with Crippen molar-refractivity contribution in [2.45, 2.75) is 11.1 Å². The quantitative estimate of drug-likeness (QED) is 0.180. The van der Waals surface area contributed by atoms with Gasteiger partial charge in [-0.15, -0.1) is 11.8 Å². The van der Waals surface area contributed by atoms with Crippen LogP contribution in [0.4, 0.5) is 5.69 Å². The van der Waals surface area contributed by atoms with Gasteiger partial charge in [0.2, 0.25) is 0 Å². The normalized spacial score (nSPS) is 11.3. The van der Waals surface area contributed by atoms with E-state index in [0.29, 0.717) is 39.9 Å². The Labute approximate surface area is 207 Å². The summed E-state index contributed by atoms with van der Waals surface area (Å²) in [6.45, 7) is -0.440. The van der Waals surface area contributed by atoms with Gasteiger partial charge < -0.3 is 30.4 Å². The Kier molecular flexibility index (Phi) is 9.20. The highest BCUT2D eigenvalue weighted by Crippen LogP contribution is 2.36. The molecule has 3 rings (SSSR count). The van der Waals surface area contributed by atoms with Crippen molar-refractivity contribution in [3.05, 3.63) is 77.4 Å². The molecule has 5 N–H and O–H groups in total. The number of nitrogens with zero attached hydrogens (tertiary/aromatic N) is 1. The average molecular weight is 495 g/mol. The number of hydrogen-bond acceptors (Lipinski definition) is 9. The van der Waals surface area contributed by atoms with Crippen molar-refractivity contribution in [1.82, 2.24) is 10.6 Å². The second kappa shape index (κ2) is 12.5. The second-order valence-electron chi connectivity index (χ2n) is 7.16. The Morgan fingerprint density at radius 2 is 1.74 bits per heavy atom. The first-order valence-corrected chi connectivity index (χ1v) is 11.5. The van der Waals surface area contributed by atoms with Crippen LogP contribution in [-0.4, -0.2) is 37.8 Å². The van der Waals surface area contributed by atoms with Gasteiger partial charge in [-0.1, -0.05) is 12.1 Å². The number of ether oxygens (including phenoxy) is 3. The predicted octanol–water partition coefficient (Wildman–Crippen LogP) is 3.25. The number of carbonyl (C=O) groups excluding carboxylic acids is 1. The molecule has 1 unspecified atom stereocenters. The summed E-state index contributed by atoms with van der Waals surface area (Å²) in [6, 6.07) is 19.2. The van der Waals surface area contributed by atoms with Crippen molar-refractivity contribution in [1.29, 1.82) is 5.26 Å². The van der Waals surface area contributed by atoms with Crippen LogP contribution >= 0.6 is 11.8 Å². The summed E-state index contributed by atoms with van der Waals surface area (Å²) < 4.78 is 16.8. The van der Waals surface area contributed by atoms with Crippen LogP contribution in [0.2, 0.25) is 0 Å². The summed E-state index contributed by atoms with van der Waals surface area (Å²) in [5, 5.41) is 23.6. The standard InChI is InChI=1S/C25H26N4O5S/c1-32-21-11-20(27)23(12-22(21)33-2)35-15-29-25(18-5-3-16(13-26)4-6-18)34-19-9-7-17(8-10-19)24(31)28-14-30/h3-12,25,29-30H,14-15,27H2,1-2H3,(H,28,31). The number of hydrogen-bond donors (Lipinski definition) is 4. The number of thioether (sulfide) groups is 1. The van der Waals surface area contributed by atoms with E-state index in [0.717, 1.165) is 10.5 Å². The first-order valence-electron chi connectivity index (χ1n) is 10.5. The molecule has 0 heterocycles. The molecule has 0 aliphatic rings. The van der Waals surface area contributed by atoms with E-state index in [1.165, 1.54) is 11.8 Å². The highest BCUT2D eigenvalue weighted by molar-refractivity contribution is 7.99. The number of nitrogen functional groups attached to an aromatic ring is 1. The predicted molar refractivity (Wildman–Crippen MR) is 133 cm³/mol. The van der Waals surface area contributed by atoms with Crippen molar-refractivity contribution in [2.24, 2.45) is 0 Å². The third kappa shape index (κ3) is 6.80. The minimum Gasteiger partial charge on any atom is -0.493 e. The maximum Gasteiger partial charge on any atom is 0.253 e. The smallest absolute Gasteiger partial charge is 0.253 e. The zero-order valence-corrected chi connectivity index (χ0v) is 20.1. The van der Waals surface area contributed by atoms with Gasteiger partial charge >= 0.3 is 0 Å². The summed E-state index contributed by atoms with van der Waals surface area (Å²) in [4.78, 5) is 12.7. The molecule has 3 aromatic carbocycles. The molecule has 9 nitrogen and oxygen atoms in total. The largest absolute Gasteiger partial charge is 0.493 e. The number of methoxy groups -OCH3 is 2. The molecule has 0 radical (unpaired) electrons. The van der Waals surface area contributed by atoms with Crippen molar-refractivity contribution in [3.8, 4) is 23.3 Å². The molecule has 0 aromatic heterocycles. The van der Waals surface area contributed by atoms with Crippen LogP contribution in [0.5, 0.6) is 17.2 Å². The van der Waals surface area contributed by atoms with Crippen molar-refractivity contribution < 1.29 is 24.1 Å². The van der Waals surface area contributed by atoms with E-state index in [1.54, 1.807) is 56.7 Å². The van der Waals surface area contributed by atoms with E-state index < -0.39 is 13.0 Å². The van der Waals surface area contributed by atoms with E-state index >= 15 is 0 Å². The van der Waals surface area contributed by atoms with Gasteiger partial charge in [-0.25, -0.2) is 0 Å². The minimum absolute atomic E-state index is 0.385. The van der Waals surface area contributed by atoms with E-state index in [1.807, 2.05) is 18.2 Å². The minimum atomic E-state index is -0.547.